The van der Waals surface area contributed by atoms with Crippen LogP contribution in [0.5, 0.6) is 0 Å². The van der Waals surface area contributed by atoms with Crippen molar-refractivity contribution >= 4 is 27.9 Å². The van der Waals surface area contributed by atoms with Gasteiger partial charge in [-0.3, -0.25) is 14.0 Å². The smallest absolute Gasteiger partial charge is 0.271 e. The topological polar surface area (TPSA) is 63.5 Å². The summed E-state index contributed by atoms with van der Waals surface area (Å²) in [4.78, 5) is 30.0. The molecule has 0 aliphatic rings. The summed E-state index contributed by atoms with van der Waals surface area (Å²) in [5, 5.41) is 4.24. The molecule has 4 rings (SSSR count). The van der Waals surface area contributed by atoms with Crippen LogP contribution in [0.2, 0.25) is 0 Å². The Hall–Kier alpha value is -3.32. The lowest BCUT2D eigenvalue weighted by molar-refractivity contribution is 0.102. The first-order valence-electron chi connectivity index (χ1n) is 7.76. The van der Waals surface area contributed by atoms with Gasteiger partial charge in [-0.15, -0.1) is 11.3 Å². The van der Waals surface area contributed by atoms with Crippen LogP contribution in [0, 0.1) is 5.82 Å². The first kappa shape index (κ1) is 16.2. The largest absolute Gasteiger partial charge is 0.319 e. The highest BCUT2D eigenvalue weighted by atomic mass is 32.1. The van der Waals surface area contributed by atoms with E-state index in [9.17, 15) is 14.0 Å². The van der Waals surface area contributed by atoms with Crippen LogP contribution in [0.25, 0.3) is 16.2 Å². The van der Waals surface area contributed by atoms with Gasteiger partial charge in [0, 0.05) is 11.6 Å². The quantitative estimate of drug-likeness (QED) is 0.600. The maximum atomic E-state index is 13.7. The van der Waals surface area contributed by atoms with Gasteiger partial charge in [0.05, 0.1) is 11.4 Å². The zero-order valence-electron chi connectivity index (χ0n) is 13.3. The first-order valence-corrected chi connectivity index (χ1v) is 8.63. The van der Waals surface area contributed by atoms with Crippen molar-refractivity contribution in [2.75, 3.05) is 5.32 Å². The number of carbonyl (C=O) groups is 1. The van der Waals surface area contributed by atoms with Crippen LogP contribution in [0.4, 0.5) is 10.1 Å². The summed E-state index contributed by atoms with van der Waals surface area (Å²) in [6.45, 7) is 0. The second kappa shape index (κ2) is 6.53. The van der Waals surface area contributed by atoms with Crippen molar-refractivity contribution in [1.29, 1.82) is 0 Å². The van der Waals surface area contributed by atoms with E-state index < -0.39 is 17.3 Å². The van der Waals surface area contributed by atoms with Crippen molar-refractivity contribution in [1.82, 2.24) is 9.38 Å². The molecule has 4 aromatic rings. The molecule has 0 aliphatic heterocycles. The van der Waals surface area contributed by atoms with Gasteiger partial charge in [0.25, 0.3) is 11.5 Å². The average Bonchev–Trinajstić information content (AvgIpc) is 3.09. The Morgan fingerprint density at radius 3 is 2.58 bits per heavy atom. The Morgan fingerprint density at radius 1 is 1.08 bits per heavy atom. The Labute approximate surface area is 151 Å². The van der Waals surface area contributed by atoms with E-state index in [2.05, 4.69) is 10.3 Å². The second-order valence-corrected chi connectivity index (χ2v) is 6.35. The van der Waals surface area contributed by atoms with Crippen molar-refractivity contribution in [3.05, 3.63) is 87.9 Å². The van der Waals surface area contributed by atoms with Crippen molar-refractivity contribution in [2.45, 2.75) is 0 Å². The van der Waals surface area contributed by atoms with E-state index in [0.717, 1.165) is 5.56 Å². The van der Waals surface area contributed by atoms with Crippen LogP contribution in [0.3, 0.4) is 0 Å². The van der Waals surface area contributed by atoms with Crippen LogP contribution in [0.15, 0.2) is 71.0 Å². The van der Waals surface area contributed by atoms with Crippen LogP contribution in [0.1, 0.15) is 10.4 Å². The summed E-state index contributed by atoms with van der Waals surface area (Å²) in [6.07, 6.45) is 1.22. The molecule has 0 spiro atoms. The van der Waals surface area contributed by atoms with E-state index >= 15 is 0 Å². The zero-order valence-corrected chi connectivity index (χ0v) is 14.2. The van der Waals surface area contributed by atoms with Gasteiger partial charge in [0.2, 0.25) is 0 Å². The summed E-state index contributed by atoms with van der Waals surface area (Å²) < 4.78 is 15.1. The normalized spacial score (nSPS) is 10.8. The third kappa shape index (κ3) is 2.78. The van der Waals surface area contributed by atoms with Gasteiger partial charge in [0.15, 0.2) is 4.96 Å². The first-order chi connectivity index (χ1) is 12.6. The molecule has 2 aromatic carbocycles. The number of anilines is 1. The molecule has 0 bridgehead atoms. The lowest BCUT2D eigenvalue weighted by Crippen LogP contribution is -2.26. The lowest BCUT2D eigenvalue weighted by atomic mass is 10.2. The molecule has 7 heteroatoms. The Bertz CT molecular complexity index is 1170. The number of amides is 1. The third-order valence-electron chi connectivity index (χ3n) is 3.88. The summed E-state index contributed by atoms with van der Waals surface area (Å²) in [7, 11) is 0. The second-order valence-electron chi connectivity index (χ2n) is 5.52. The zero-order chi connectivity index (χ0) is 18.1. The molecule has 0 saturated heterocycles. The standard InChI is InChI=1S/C19H12FN3O2S/c20-14-8-4-5-9-15(14)22-17(24)13-10-21-19-23(18(13)25)16(11-26-19)12-6-2-1-3-7-12/h1-11H,(H,22,24). The Morgan fingerprint density at radius 2 is 1.81 bits per heavy atom. The SMILES string of the molecule is O=C(Nc1ccccc1F)c1cnc2scc(-c3ccccc3)n2c1=O. The highest BCUT2D eigenvalue weighted by molar-refractivity contribution is 7.15. The van der Waals surface area contributed by atoms with Crippen molar-refractivity contribution in [3.8, 4) is 11.3 Å². The number of para-hydroxylation sites is 1. The van der Waals surface area contributed by atoms with Gasteiger partial charge in [-0.25, -0.2) is 9.37 Å². The highest BCUT2D eigenvalue weighted by Crippen LogP contribution is 2.23. The summed E-state index contributed by atoms with van der Waals surface area (Å²) in [6, 6.07) is 15.1. The maximum absolute atomic E-state index is 13.7. The number of rotatable bonds is 3. The molecular weight excluding hydrogens is 353 g/mol. The predicted molar refractivity (Wildman–Crippen MR) is 99.1 cm³/mol. The van der Waals surface area contributed by atoms with Crippen LogP contribution in [-0.2, 0) is 0 Å². The van der Waals surface area contributed by atoms with E-state index in [4.69, 9.17) is 0 Å². The molecule has 0 fully saturated rings. The number of carbonyl (C=O) groups excluding carboxylic acids is 1. The molecule has 128 valence electrons. The fourth-order valence-electron chi connectivity index (χ4n) is 2.61. The van der Waals surface area contributed by atoms with Gasteiger partial charge in [-0.05, 0) is 17.7 Å². The van der Waals surface area contributed by atoms with Gasteiger partial charge >= 0.3 is 0 Å². The van der Waals surface area contributed by atoms with Gasteiger partial charge in [0.1, 0.15) is 11.4 Å². The molecule has 0 aliphatic carbocycles. The minimum atomic E-state index is -0.702. The van der Waals surface area contributed by atoms with E-state index in [1.165, 1.54) is 40.1 Å². The predicted octanol–water partition coefficient (Wildman–Crippen LogP) is 3.81. The van der Waals surface area contributed by atoms with Crippen molar-refractivity contribution in [2.24, 2.45) is 0 Å². The van der Waals surface area contributed by atoms with E-state index in [-0.39, 0.29) is 11.3 Å². The number of benzene rings is 2. The monoisotopic (exact) mass is 365 g/mol. The molecule has 2 heterocycles. The number of hydrogen-bond donors (Lipinski definition) is 1. The molecule has 26 heavy (non-hydrogen) atoms. The molecule has 0 radical (unpaired) electrons. The number of thiazole rings is 1. The van der Waals surface area contributed by atoms with Gasteiger partial charge < -0.3 is 5.32 Å². The maximum Gasteiger partial charge on any atom is 0.271 e. The molecule has 5 nitrogen and oxygen atoms in total. The van der Waals surface area contributed by atoms with E-state index in [1.54, 1.807) is 6.07 Å². The molecule has 0 atom stereocenters. The van der Waals surface area contributed by atoms with Crippen molar-refractivity contribution in [3.63, 3.8) is 0 Å². The van der Waals surface area contributed by atoms with Crippen LogP contribution in [-0.4, -0.2) is 15.3 Å². The molecule has 1 N–H and O–H groups in total. The minimum Gasteiger partial charge on any atom is -0.319 e. The number of nitrogens with one attached hydrogen (secondary N) is 1. The molecule has 1 amide bonds. The number of fused-ring (bicyclic) bond motifs is 1. The third-order valence-corrected chi connectivity index (χ3v) is 4.72. The van der Waals surface area contributed by atoms with Crippen LogP contribution >= 0.6 is 11.3 Å². The Kier molecular flexibility index (Phi) is 4.06. The minimum absolute atomic E-state index is 0.00981. The molecular formula is C19H12FN3O2S. The van der Waals surface area contributed by atoms with Crippen LogP contribution < -0.4 is 10.9 Å². The average molecular weight is 365 g/mol. The number of halogens is 1. The van der Waals surface area contributed by atoms with Gasteiger partial charge in [-0.2, -0.15) is 0 Å². The molecule has 0 unspecified atom stereocenters. The van der Waals surface area contributed by atoms with Gasteiger partial charge in [-0.1, -0.05) is 42.5 Å². The number of aromatic nitrogens is 2. The summed E-state index contributed by atoms with van der Waals surface area (Å²) in [5.74, 6) is -1.28. The van der Waals surface area contributed by atoms with E-state index in [1.807, 2.05) is 35.7 Å². The fraction of sp³-hybridized carbons (Fsp3) is 0. The summed E-state index contributed by atoms with van der Waals surface area (Å²) in [5.41, 5.74) is 0.860. The fourth-order valence-corrected chi connectivity index (χ4v) is 3.47. The Balaban J connectivity index is 1.80. The summed E-state index contributed by atoms with van der Waals surface area (Å²) >= 11 is 1.31. The highest BCUT2D eigenvalue weighted by Gasteiger charge is 2.18. The molecule has 0 saturated carbocycles. The number of hydrogen-bond acceptors (Lipinski definition) is 4. The lowest BCUT2D eigenvalue weighted by Gasteiger charge is -2.07. The molecule has 2 aromatic heterocycles. The van der Waals surface area contributed by atoms with Crippen molar-refractivity contribution < 1.29 is 9.18 Å². The number of nitrogens with zero attached hydrogens (tertiary/aromatic N) is 2. The van der Waals surface area contributed by atoms with E-state index in [0.29, 0.717) is 10.7 Å².